The summed E-state index contributed by atoms with van der Waals surface area (Å²) in [6.45, 7) is 7.38. The van der Waals surface area contributed by atoms with E-state index in [0.29, 0.717) is 48.3 Å². The molecule has 1 aromatic rings. The number of amides is 2. The number of hydrogen-bond donors (Lipinski definition) is 4. The first-order chi connectivity index (χ1) is 18.4. The van der Waals surface area contributed by atoms with E-state index in [0.717, 1.165) is 5.56 Å². The van der Waals surface area contributed by atoms with Crippen molar-refractivity contribution in [3.63, 3.8) is 0 Å². The number of aromatic hydroxyl groups is 1. The molecule has 0 aliphatic carbocycles. The summed E-state index contributed by atoms with van der Waals surface area (Å²) in [7, 11) is 4.55. The van der Waals surface area contributed by atoms with E-state index in [-0.39, 0.29) is 23.5 Å². The Morgan fingerprint density at radius 2 is 1.77 bits per heavy atom. The van der Waals surface area contributed by atoms with Gasteiger partial charge in [0, 0.05) is 43.0 Å². The summed E-state index contributed by atoms with van der Waals surface area (Å²) < 4.78 is 22.2. The molecule has 1 aliphatic heterocycles. The van der Waals surface area contributed by atoms with Gasteiger partial charge in [-0.15, -0.1) is 0 Å². The summed E-state index contributed by atoms with van der Waals surface area (Å²) in [6, 6.07) is 3.24. The molecular formula is C29H44N2O8. The Kier molecular flexibility index (Phi) is 12.3. The van der Waals surface area contributed by atoms with Crippen molar-refractivity contribution >= 4 is 17.7 Å². The van der Waals surface area contributed by atoms with Gasteiger partial charge in [-0.05, 0) is 57.1 Å². The Labute approximate surface area is 231 Å². The summed E-state index contributed by atoms with van der Waals surface area (Å²) in [5, 5.41) is 24.6. The van der Waals surface area contributed by atoms with Crippen LogP contribution in [-0.2, 0) is 25.4 Å². The molecule has 2 rings (SSSR count). The molecule has 0 fully saturated rings. The number of primary amides is 1. The van der Waals surface area contributed by atoms with Crippen LogP contribution >= 0.6 is 0 Å². The van der Waals surface area contributed by atoms with Crippen LogP contribution in [0.1, 0.15) is 52.5 Å². The molecular weight excluding hydrogens is 504 g/mol. The van der Waals surface area contributed by atoms with E-state index in [1.165, 1.54) is 20.3 Å². The number of carbonyl (C=O) groups excluding carboxylic acids is 2. The molecule has 6 atom stereocenters. The number of carbonyl (C=O) groups is 2. The second-order valence-electron chi connectivity index (χ2n) is 10.3. The zero-order chi connectivity index (χ0) is 29.3. The van der Waals surface area contributed by atoms with Crippen molar-refractivity contribution in [1.29, 1.82) is 0 Å². The molecule has 10 heteroatoms. The number of aliphatic hydroxyl groups excluding tert-OH is 1. The van der Waals surface area contributed by atoms with Crippen LogP contribution < -0.4 is 15.8 Å². The van der Waals surface area contributed by atoms with Gasteiger partial charge in [-0.1, -0.05) is 26.0 Å². The summed E-state index contributed by atoms with van der Waals surface area (Å²) >= 11 is 0. The van der Waals surface area contributed by atoms with E-state index in [2.05, 4.69) is 5.32 Å². The number of nitrogens with two attached hydrogens (primary N) is 1. The van der Waals surface area contributed by atoms with Gasteiger partial charge in [0.15, 0.2) is 17.6 Å². The molecule has 0 spiro atoms. The van der Waals surface area contributed by atoms with Crippen LogP contribution in [0.3, 0.4) is 0 Å². The van der Waals surface area contributed by atoms with E-state index >= 15 is 0 Å². The van der Waals surface area contributed by atoms with Crippen LogP contribution in [0, 0.1) is 11.8 Å². The number of phenols is 1. The van der Waals surface area contributed by atoms with Crippen molar-refractivity contribution in [3.8, 4) is 11.5 Å². The maximum absolute atomic E-state index is 12.9. The molecule has 0 aromatic heterocycles. The summed E-state index contributed by atoms with van der Waals surface area (Å²) in [4.78, 5) is 24.6. The Bertz CT molecular complexity index is 1050. The Balaban J connectivity index is 2.53. The summed E-state index contributed by atoms with van der Waals surface area (Å²) in [5.74, 6) is -0.375. The lowest BCUT2D eigenvalue weighted by atomic mass is 9.88. The molecule has 1 heterocycles. The number of allylic oxidation sites excluding steroid dienone is 1. The number of phenolic OH excluding ortho intramolecular Hbond substituents is 1. The molecule has 2 amide bonds. The monoisotopic (exact) mass is 548 g/mol. The van der Waals surface area contributed by atoms with Gasteiger partial charge in [0.05, 0.1) is 25.4 Å². The second kappa shape index (κ2) is 14.9. The van der Waals surface area contributed by atoms with Gasteiger partial charge in [0.25, 0.3) is 5.91 Å². The van der Waals surface area contributed by atoms with Crippen molar-refractivity contribution in [3.05, 3.63) is 41.0 Å². The number of hydrogen-bond acceptors (Lipinski definition) is 8. The molecule has 39 heavy (non-hydrogen) atoms. The maximum atomic E-state index is 12.9. The SMILES string of the molecule is COc1c(O)cc2cc1C[C@@H](C)C[C@H](OC)[C@H](O)[C@@H](C)/C=C(/C)[C@H](OC(N)=O)[C@@H](OC)CC/C=C(/C)C(=O)N2. The highest BCUT2D eigenvalue weighted by Gasteiger charge is 2.30. The number of nitrogens with one attached hydrogen (secondary N) is 1. The van der Waals surface area contributed by atoms with Gasteiger partial charge in [0.2, 0.25) is 0 Å². The number of ether oxygens (including phenoxy) is 4. The average molecular weight is 549 g/mol. The van der Waals surface area contributed by atoms with Crippen molar-refractivity contribution < 1.29 is 38.7 Å². The predicted octanol–water partition coefficient (Wildman–Crippen LogP) is 4.09. The van der Waals surface area contributed by atoms with E-state index in [4.69, 9.17) is 24.7 Å². The molecule has 0 unspecified atom stereocenters. The first-order valence-electron chi connectivity index (χ1n) is 13.2. The fourth-order valence-corrected chi connectivity index (χ4v) is 5.08. The van der Waals surface area contributed by atoms with Crippen LogP contribution in [0.5, 0.6) is 11.5 Å². The number of methoxy groups -OCH3 is 3. The number of rotatable bonds is 4. The fourth-order valence-electron chi connectivity index (χ4n) is 5.08. The quantitative estimate of drug-likeness (QED) is 0.411. The average Bonchev–Trinajstić information content (AvgIpc) is 2.87. The molecule has 218 valence electrons. The summed E-state index contributed by atoms with van der Waals surface area (Å²) in [5.41, 5.74) is 7.69. The molecule has 10 nitrogen and oxygen atoms in total. The Hall–Kier alpha value is -3.08. The number of fused-ring (bicyclic) bond motifs is 2. The molecule has 0 saturated heterocycles. The smallest absolute Gasteiger partial charge is 0.405 e. The third-order valence-electron chi connectivity index (χ3n) is 7.15. The Morgan fingerprint density at radius 1 is 1.10 bits per heavy atom. The van der Waals surface area contributed by atoms with Crippen molar-refractivity contribution in [2.75, 3.05) is 26.6 Å². The van der Waals surface area contributed by atoms with Crippen LogP contribution in [0.25, 0.3) is 0 Å². The maximum Gasteiger partial charge on any atom is 0.405 e. The molecule has 1 aromatic carbocycles. The highest BCUT2D eigenvalue weighted by Crippen LogP contribution is 2.36. The standard InChI is InChI=1S/C29H44N2O8/c1-16-11-20-14-21(15-22(32)27(20)38-7)31-28(34)17(2)9-8-10-23(36-5)26(39-29(30)35)19(4)13-18(3)25(33)24(12-16)37-6/h9,13-16,18,23-26,32-33H,8,10-12H2,1-7H3,(H2,30,35)(H,31,34)/b17-9-,19-13-/t16-,18+,23+,24+,25-,26+/m1/s1. The van der Waals surface area contributed by atoms with E-state index in [1.807, 2.05) is 19.9 Å². The van der Waals surface area contributed by atoms with Gasteiger partial charge in [-0.3, -0.25) is 4.79 Å². The lowest BCUT2D eigenvalue weighted by Gasteiger charge is -2.30. The third-order valence-corrected chi connectivity index (χ3v) is 7.15. The van der Waals surface area contributed by atoms with Gasteiger partial charge < -0.3 is 40.2 Å². The van der Waals surface area contributed by atoms with Gasteiger partial charge >= 0.3 is 6.09 Å². The highest BCUT2D eigenvalue weighted by molar-refractivity contribution is 6.03. The minimum absolute atomic E-state index is 0.0219. The Morgan fingerprint density at radius 3 is 2.36 bits per heavy atom. The molecule has 0 saturated carbocycles. The van der Waals surface area contributed by atoms with Crippen LogP contribution in [0.2, 0.25) is 0 Å². The minimum Gasteiger partial charge on any atom is -0.504 e. The molecule has 0 radical (unpaired) electrons. The van der Waals surface area contributed by atoms with Gasteiger partial charge in [-0.25, -0.2) is 4.79 Å². The van der Waals surface area contributed by atoms with E-state index in [9.17, 15) is 19.8 Å². The highest BCUT2D eigenvalue weighted by atomic mass is 16.6. The minimum atomic E-state index is -0.934. The molecule has 1 aliphatic rings. The van der Waals surface area contributed by atoms with E-state index in [1.54, 1.807) is 33.1 Å². The van der Waals surface area contributed by atoms with Crippen LogP contribution in [0.4, 0.5) is 10.5 Å². The zero-order valence-electron chi connectivity index (χ0n) is 24.0. The first-order valence-corrected chi connectivity index (χ1v) is 13.2. The number of benzene rings is 1. The van der Waals surface area contributed by atoms with Gasteiger partial charge in [-0.2, -0.15) is 0 Å². The topological polar surface area (TPSA) is 150 Å². The number of anilines is 1. The lowest BCUT2D eigenvalue weighted by molar-refractivity contribution is -0.112. The second-order valence-corrected chi connectivity index (χ2v) is 10.3. The lowest BCUT2D eigenvalue weighted by Crippen LogP contribution is -2.37. The van der Waals surface area contributed by atoms with Crippen molar-refractivity contribution in [1.82, 2.24) is 0 Å². The first kappa shape index (κ1) is 32.1. The molecule has 5 N–H and O–H groups in total. The fraction of sp³-hybridized carbons (Fsp3) is 0.586. The van der Waals surface area contributed by atoms with Crippen LogP contribution in [0.15, 0.2) is 35.4 Å². The third kappa shape index (κ3) is 8.98. The summed E-state index contributed by atoms with van der Waals surface area (Å²) in [6.07, 6.45) is 1.95. The van der Waals surface area contributed by atoms with E-state index < -0.39 is 30.5 Å². The van der Waals surface area contributed by atoms with Crippen molar-refractivity contribution in [2.24, 2.45) is 17.6 Å². The van der Waals surface area contributed by atoms with Gasteiger partial charge in [0.1, 0.15) is 0 Å². The predicted molar refractivity (Wildman–Crippen MR) is 149 cm³/mol. The molecule has 2 bridgehead atoms. The zero-order valence-corrected chi connectivity index (χ0v) is 24.0. The normalized spacial score (nSPS) is 30.3. The van der Waals surface area contributed by atoms with Crippen LogP contribution in [-0.4, -0.2) is 68.0 Å². The number of aliphatic hydroxyl groups is 1. The largest absolute Gasteiger partial charge is 0.504 e. The van der Waals surface area contributed by atoms with Crippen molar-refractivity contribution in [2.45, 2.75) is 77.8 Å².